The Balaban J connectivity index is 1.11. The average Bonchev–Trinajstić information content (AvgIpc) is 3.30. The predicted molar refractivity (Wildman–Crippen MR) is 236 cm³/mol. The smallest absolute Gasteiger partial charge is 0.164 e. The molecule has 6 heteroatoms. The fourth-order valence-corrected chi connectivity index (χ4v) is 7.48. The van der Waals surface area contributed by atoms with Crippen molar-refractivity contribution in [3.63, 3.8) is 0 Å². The van der Waals surface area contributed by atoms with Gasteiger partial charge in [-0.05, 0) is 72.2 Å². The van der Waals surface area contributed by atoms with Crippen LogP contribution in [0.3, 0.4) is 0 Å². The number of aromatic nitrogens is 6. The molecule has 9 rings (SSSR count). The molecule has 6 nitrogen and oxygen atoms in total. The molecule has 0 bridgehead atoms. The molecular weight excluding hydrogens is 709 g/mol. The molecule has 0 spiro atoms. The third kappa shape index (κ3) is 7.08. The van der Waals surface area contributed by atoms with Gasteiger partial charge in [0.2, 0.25) is 0 Å². The van der Waals surface area contributed by atoms with Gasteiger partial charge in [0, 0.05) is 33.4 Å². The number of rotatable bonds is 8. The van der Waals surface area contributed by atoms with E-state index in [2.05, 4.69) is 76.2 Å². The minimum absolute atomic E-state index is 0.632. The second-order valence-corrected chi connectivity index (χ2v) is 14.5. The van der Waals surface area contributed by atoms with E-state index >= 15 is 0 Å². The fourth-order valence-electron chi connectivity index (χ4n) is 7.48. The molecule has 0 saturated carbocycles. The molecule has 7 aromatic carbocycles. The van der Waals surface area contributed by atoms with Crippen LogP contribution in [-0.2, 0) is 0 Å². The average molecular weight is 749 g/mol. The Kier molecular flexibility index (Phi) is 9.74. The van der Waals surface area contributed by atoms with Crippen molar-refractivity contribution in [2.45, 2.75) is 27.7 Å². The standard InChI is InChI=1S/C52H40N6/c1-33-34(2)36(4)46(38-27-31-44(32-28-38)52-57-49(41-21-13-7-14-22-41)54-50(58-52)42-23-15-8-16-24-42)45(35(33)3)37-25-29-43(30-26-37)51-55-47(39-17-9-5-10-18-39)53-48(56-51)40-19-11-6-12-20-40/h5-32H,1-4H3. The lowest BCUT2D eigenvalue weighted by atomic mass is 9.82. The maximum atomic E-state index is 4.97. The third-order valence-electron chi connectivity index (χ3n) is 10.9. The minimum Gasteiger partial charge on any atom is -0.208 e. The summed E-state index contributed by atoms with van der Waals surface area (Å²) in [4.78, 5) is 29.6. The first-order valence-corrected chi connectivity index (χ1v) is 19.5. The van der Waals surface area contributed by atoms with Crippen molar-refractivity contribution in [1.29, 1.82) is 0 Å². The van der Waals surface area contributed by atoms with Gasteiger partial charge < -0.3 is 0 Å². The normalized spacial score (nSPS) is 11.1. The van der Waals surface area contributed by atoms with E-state index in [9.17, 15) is 0 Å². The molecule has 0 unspecified atom stereocenters. The van der Waals surface area contributed by atoms with Crippen molar-refractivity contribution in [3.8, 4) is 90.6 Å². The monoisotopic (exact) mass is 748 g/mol. The Morgan fingerprint density at radius 3 is 0.621 bits per heavy atom. The highest BCUT2D eigenvalue weighted by atomic mass is 15.0. The SMILES string of the molecule is Cc1c(C)c(C)c(-c2ccc(-c3nc(-c4ccccc4)nc(-c4ccccc4)n3)cc2)c(-c2ccc(-c3nc(-c4ccccc4)nc(-c4ccccc4)n3)cc2)c1C. The molecule has 58 heavy (non-hydrogen) atoms. The van der Waals surface area contributed by atoms with Crippen LogP contribution in [0.4, 0.5) is 0 Å². The highest BCUT2D eigenvalue weighted by Crippen LogP contribution is 2.42. The second kappa shape index (κ2) is 15.6. The Hall–Kier alpha value is -7.44. The first kappa shape index (κ1) is 36.2. The number of hydrogen-bond acceptors (Lipinski definition) is 6. The summed E-state index contributed by atoms with van der Waals surface area (Å²) in [7, 11) is 0. The Morgan fingerprint density at radius 1 is 0.207 bits per heavy atom. The van der Waals surface area contributed by atoms with E-state index in [4.69, 9.17) is 29.9 Å². The van der Waals surface area contributed by atoms with Crippen LogP contribution in [0, 0.1) is 27.7 Å². The van der Waals surface area contributed by atoms with Crippen LogP contribution >= 0.6 is 0 Å². The van der Waals surface area contributed by atoms with Gasteiger partial charge in [-0.1, -0.05) is 170 Å². The van der Waals surface area contributed by atoms with Gasteiger partial charge in [0.25, 0.3) is 0 Å². The summed E-state index contributed by atoms with van der Waals surface area (Å²) in [6.45, 7) is 8.90. The van der Waals surface area contributed by atoms with Gasteiger partial charge in [0.15, 0.2) is 34.9 Å². The van der Waals surface area contributed by atoms with Crippen molar-refractivity contribution in [2.75, 3.05) is 0 Å². The van der Waals surface area contributed by atoms with Crippen LogP contribution in [0.25, 0.3) is 90.6 Å². The number of benzene rings is 7. The summed E-state index contributed by atoms with van der Waals surface area (Å²) in [5.41, 5.74) is 15.4. The zero-order valence-corrected chi connectivity index (χ0v) is 32.8. The molecule has 2 aromatic heterocycles. The molecule has 0 aliphatic rings. The summed E-state index contributed by atoms with van der Waals surface area (Å²) in [6, 6.07) is 57.6. The Morgan fingerprint density at radius 2 is 0.397 bits per heavy atom. The third-order valence-corrected chi connectivity index (χ3v) is 10.9. The summed E-state index contributed by atoms with van der Waals surface area (Å²) in [5, 5.41) is 0. The second-order valence-electron chi connectivity index (χ2n) is 14.5. The first-order valence-electron chi connectivity index (χ1n) is 19.5. The summed E-state index contributed by atoms with van der Waals surface area (Å²) >= 11 is 0. The minimum atomic E-state index is 0.632. The largest absolute Gasteiger partial charge is 0.208 e. The van der Waals surface area contributed by atoms with Crippen molar-refractivity contribution in [3.05, 3.63) is 192 Å². The molecule has 0 aliphatic heterocycles. The van der Waals surface area contributed by atoms with Gasteiger partial charge in [-0.3, -0.25) is 0 Å². The zero-order valence-electron chi connectivity index (χ0n) is 32.8. The van der Waals surface area contributed by atoms with Crippen LogP contribution in [0.2, 0.25) is 0 Å². The molecule has 278 valence electrons. The van der Waals surface area contributed by atoms with Crippen molar-refractivity contribution >= 4 is 0 Å². The molecule has 0 fully saturated rings. The quantitative estimate of drug-likeness (QED) is 0.154. The van der Waals surface area contributed by atoms with E-state index in [1.807, 2.05) is 121 Å². The van der Waals surface area contributed by atoms with Gasteiger partial charge in [-0.15, -0.1) is 0 Å². The fraction of sp³-hybridized carbons (Fsp3) is 0.0769. The molecule has 0 N–H and O–H groups in total. The van der Waals surface area contributed by atoms with Gasteiger partial charge in [-0.25, -0.2) is 29.9 Å². The van der Waals surface area contributed by atoms with Gasteiger partial charge >= 0.3 is 0 Å². The number of nitrogens with zero attached hydrogens (tertiary/aromatic N) is 6. The summed E-state index contributed by atoms with van der Waals surface area (Å²) in [6.07, 6.45) is 0. The first-order chi connectivity index (χ1) is 28.4. The van der Waals surface area contributed by atoms with Gasteiger partial charge in [-0.2, -0.15) is 0 Å². The van der Waals surface area contributed by atoms with Crippen molar-refractivity contribution in [2.24, 2.45) is 0 Å². The van der Waals surface area contributed by atoms with Crippen molar-refractivity contribution in [1.82, 2.24) is 29.9 Å². The zero-order chi connectivity index (χ0) is 39.6. The van der Waals surface area contributed by atoms with E-state index < -0.39 is 0 Å². The summed E-state index contributed by atoms with van der Waals surface area (Å²) < 4.78 is 0. The number of hydrogen-bond donors (Lipinski definition) is 0. The van der Waals surface area contributed by atoms with Gasteiger partial charge in [0.05, 0.1) is 0 Å². The molecule has 0 aliphatic carbocycles. The molecule has 0 radical (unpaired) electrons. The predicted octanol–water partition coefficient (Wildman–Crippen LogP) is 12.6. The summed E-state index contributed by atoms with van der Waals surface area (Å²) in [5.74, 6) is 3.84. The molecule has 0 amide bonds. The van der Waals surface area contributed by atoms with Gasteiger partial charge in [0.1, 0.15) is 0 Å². The Labute approximate surface area is 339 Å². The van der Waals surface area contributed by atoms with Crippen molar-refractivity contribution < 1.29 is 0 Å². The lowest BCUT2D eigenvalue weighted by Crippen LogP contribution is -2.02. The van der Waals surface area contributed by atoms with E-state index in [1.165, 1.54) is 33.4 Å². The molecular formula is C52H40N6. The molecule has 0 atom stereocenters. The van der Waals surface area contributed by atoms with Crippen LogP contribution in [-0.4, -0.2) is 29.9 Å². The van der Waals surface area contributed by atoms with Crippen LogP contribution in [0.1, 0.15) is 22.3 Å². The lowest BCUT2D eigenvalue weighted by molar-refractivity contribution is 1.07. The van der Waals surface area contributed by atoms with E-state index in [0.717, 1.165) is 44.5 Å². The highest BCUT2D eigenvalue weighted by Gasteiger charge is 2.20. The molecule has 9 aromatic rings. The highest BCUT2D eigenvalue weighted by molar-refractivity contribution is 5.90. The topological polar surface area (TPSA) is 77.3 Å². The van der Waals surface area contributed by atoms with Crippen LogP contribution in [0.15, 0.2) is 170 Å². The lowest BCUT2D eigenvalue weighted by Gasteiger charge is -2.22. The molecule has 2 heterocycles. The van der Waals surface area contributed by atoms with Crippen LogP contribution < -0.4 is 0 Å². The Bertz CT molecular complexity index is 2560. The van der Waals surface area contributed by atoms with E-state index in [-0.39, 0.29) is 0 Å². The van der Waals surface area contributed by atoms with E-state index in [0.29, 0.717) is 34.9 Å². The molecule has 0 saturated heterocycles. The van der Waals surface area contributed by atoms with Crippen LogP contribution in [0.5, 0.6) is 0 Å². The maximum absolute atomic E-state index is 4.97. The van der Waals surface area contributed by atoms with E-state index in [1.54, 1.807) is 0 Å². The maximum Gasteiger partial charge on any atom is 0.164 e.